The van der Waals surface area contributed by atoms with Gasteiger partial charge in [-0.1, -0.05) is 29.8 Å². The molecule has 26 heavy (non-hydrogen) atoms. The molecule has 3 aromatic rings. The number of nitrogens with two attached hydrogens (primary N) is 1. The molecule has 0 aliphatic heterocycles. The number of hydrogen-bond acceptors (Lipinski definition) is 3. The maximum absolute atomic E-state index is 11.9. The molecule has 0 aliphatic rings. The molecule has 0 aliphatic carbocycles. The van der Waals surface area contributed by atoms with Crippen LogP contribution in [0.5, 0.6) is 0 Å². The molecule has 6 nitrogen and oxygen atoms in total. The fourth-order valence-electron chi connectivity index (χ4n) is 2.29. The molecule has 0 bridgehead atoms. The number of carbonyl (C=O) groups excluding carboxylic acids is 1. The van der Waals surface area contributed by atoms with E-state index in [-0.39, 0.29) is 11.7 Å². The fourth-order valence-corrected chi connectivity index (χ4v) is 2.29. The van der Waals surface area contributed by atoms with Gasteiger partial charge in [0.1, 0.15) is 0 Å². The molecule has 4 N–H and O–H groups in total. The van der Waals surface area contributed by atoms with Gasteiger partial charge in [-0.15, -0.1) is 0 Å². The minimum Gasteiger partial charge on any atom is -0.459 e. The van der Waals surface area contributed by atoms with Crippen molar-refractivity contribution in [3.63, 3.8) is 0 Å². The molecule has 0 radical (unpaired) electrons. The van der Waals surface area contributed by atoms with Crippen LogP contribution >= 0.6 is 0 Å². The third-order valence-corrected chi connectivity index (χ3v) is 3.71. The van der Waals surface area contributed by atoms with Gasteiger partial charge in [-0.2, -0.15) is 0 Å². The van der Waals surface area contributed by atoms with Crippen molar-refractivity contribution in [3.05, 3.63) is 83.8 Å². The van der Waals surface area contributed by atoms with E-state index in [4.69, 9.17) is 10.2 Å². The second-order valence-electron chi connectivity index (χ2n) is 5.82. The number of benzene rings is 2. The first-order chi connectivity index (χ1) is 12.6. The normalized spacial score (nSPS) is 11.2. The van der Waals surface area contributed by atoms with Crippen molar-refractivity contribution in [1.82, 2.24) is 0 Å². The molecule has 0 saturated carbocycles. The SMILES string of the molecule is Cc1ccc(NC(N)=NCc2ccc(NC(=O)c3ccco3)cc2)cc1. The van der Waals surface area contributed by atoms with Gasteiger partial charge >= 0.3 is 0 Å². The van der Waals surface area contributed by atoms with Gasteiger partial charge in [-0.25, -0.2) is 4.99 Å². The van der Waals surface area contributed by atoms with E-state index < -0.39 is 0 Å². The van der Waals surface area contributed by atoms with Crippen LogP contribution in [-0.2, 0) is 6.54 Å². The van der Waals surface area contributed by atoms with E-state index in [0.717, 1.165) is 11.3 Å². The molecule has 0 spiro atoms. The van der Waals surface area contributed by atoms with Crippen LogP contribution in [0.1, 0.15) is 21.7 Å². The van der Waals surface area contributed by atoms with Crippen LogP contribution in [0.25, 0.3) is 0 Å². The van der Waals surface area contributed by atoms with Crippen molar-refractivity contribution in [2.24, 2.45) is 10.7 Å². The Bertz CT molecular complexity index is 883. The first-order valence-electron chi connectivity index (χ1n) is 8.17. The second kappa shape index (κ2) is 8.02. The Morgan fingerprint density at radius 2 is 1.65 bits per heavy atom. The van der Waals surface area contributed by atoms with E-state index in [1.54, 1.807) is 12.1 Å². The van der Waals surface area contributed by atoms with Crippen LogP contribution in [-0.4, -0.2) is 11.9 Å². The largest absolute Gasteiger partial charge is 0.459 e. The monoisotopic (exact) mass is 348 g/mol. The van der Waals surface area contributed by atoms with Crippen LogP contribution < -0.4 is 16.4 Å². The summed E-state index contributed by atoms with van der Waals surface area (Å²) in [4.78, 5) is 16.2. The zero-order valence-corrected chi connectivity index (χ0v) is 14.4. The molecule has 1 amide bonds. The standard InChI is InChI=1S/C20H20N4O2/c1-14-4-8-17(9-5-14)24-20(21)22-13-15-6-10-16(11-7-15)23-19(25)18-3-2-12-26-18/h2-12H,13H2,1H3,(H,23,25)(H3,21,22,24). The number of nitrogens with zero attached hydrogens (tertiary/aromatic N) is 1. The van der Waals surface area contributed by atoms with E-state index in [0.29, 0.717) is 18.2 Å². The molecule has 0 saturated heterocycles. The average Bonchev–Trinajstić information content (AvgIpc) is 3.18. The van der Waals surface area contributed by atoms with Crippen LogP contribution in [0.3, 0.4) is 0 Å². The Morgan fingerprint density at radius 1 is 1.00 bits per heavy atom. The Kier molecular flexibility index (Phi) is 5.34. The lowest BCUT2D eigenvalue weighted by Crippen LogP contribution is -2.22. The van der Waals surface area contributed by atoms with Crippen molar-refractivity contribution < 1.29 is 9.21 Å². The molecule has 1 aromatic heterocycles. The summed E-state index contributed by atoms with van der Waals surface area (Å²) in [6.45, 7) is 2.47. The van der Waals surface area contributed by atoms with Crippen LogP contribution in [0, 0.1) is 6.92 Å². The molecule has 6 heteroatoms. The topological polar surface area (TPSA) is 92.6 Å². The number of amides is 1. The van der Waals surface area contributed by atoms with Gasteiger partial charge in [0, 0.05) is 11.4 Å². The number of rotatable bonds is 5. The highest BCUT2D eigenvalue weighted by atomic mass is 16.3. The predicted octanol–water partition coefficient (Wildman–Crippen LogP) is 3.77. The third kappa shape index (κ3) is 4.73. The summed E-state index contributed by atoms with van der Waals surface area (Å²) in [5, 5.41) is 5.82. The van der Waals surface area contributed by atoms with E-state index in [2.05, 4.69) is 15.6 Å². The van der Waals surface area contributed by atoms with E-state index >= 15 is 0 Å². The predicted molar refractivity (Wildman–Crippen MR) is 103 cm³/mol. The number of nitrogens with one attached hydrogen (secondary N) is 2. The molecular weight excluding hydrogens is 328 g/mol. The molecule has 0 atom stereocenters. The molecule has 2 aromatic carbocycles. The minimum absolute atomic E-state index is 0.272. The number of aliphatic imine (C=N–C) groups is 1. The zero-order valence-electron chi connectivity index (χ0n) is 14.4. The Morgan fingerprint density at radius 3 is 2.31 bits per heavy atom. The summed E-state index contributed by atoms with van der Waals surface area (Å²) in [6, 6.07) is 18.6. The van der Waals surface area contributed by atoms with Gasteiger partial charge in [0.2, 0.25) is 0 Å². The van der Waals surface area contributed by atoms with Crippen molar-refractivity contribution in [2.45, 2.75) is 13.5 Å². The summed E-state index contributed by atoms with van der Waals surface area (Å²) in [5.41, 5.74) is 9.66. The first kappa shape index (κ1) is 17.3. The van der Waals surface area contributed by atoms with Gasteiger partial charge in [0.05, 0.1) is 12.8 Å². The van der Waals surface area contributed by atoms with Crippen molar-refractivity contribution in [2.75, 3.05) is 10.6 Å². The van der Waals surface area contributed by atoms with Crippen LogP contribution in [0.2, 0.25) is 0 Å². The number of aryl methyl sites for hydroxylation is 1. The Labute approximate surface area is 151 Å². The van der Waals surface area contributed by atoms with E-state index in [1.165, 1.54) is 11.8 Å². The quantitative estimate of drug-likeness (QED) is 0.483. The molecule has 132 valence electrons. The lowest BCUT2D eigenvalue weighted by molar-refractivity contribution is 0.0996. The number of anilines is 2. The van der Waals surface area contributed by atoms with E-state index in [1.807, 2.05) is 55.5 Å². The van der Waals surface area contributed by atoms with Gasteiger partial charge in [-0.3, -0.25) is 4.79 Å². The van der Waals surface area contributed by atoms with Gasteiger partial charge in [0.15, 0.2) is 11.7 Å². The van der Waals surface area contributed by atoms with Gasteiger partial charge in [-0.05, 0) is 48.9 Å². The highest BCUT2D eigenvalue weighted by molar-refractivity contribution is 6.02. The van der Waals surface area contributed by atoms with Crippen LogP contribution in [0.4, 0.5) is 11.4 Å². The first-order valence-corrected chi connectivity index (χ1v) is 8.17. The molecule has 0 fully saturated rings. The highest BCUT2D eigenvalue weighted by Crippen LogP contribution is 2.13. The summed E-state index contributed by atoms with van der Waals surface area (Å²) in [5.74, 6) is 0.338. The summed E-state index contributed by atoms with van der Waals surface area (Å²) < 4.78 is 5.06. The molecule has 1 heterocycles. The molecule has 3 rings (SSSR count). The summed E-state index contributed by atoms with van der Waals surface area (Å²) in [7, 11) is 0. The number of hydrogen-bond donors (Lipinski definition) is 3. The maximum Gasteiger partial charge on any atom is 0.291 e. The molecular formula is C20H20N4O2. The van der Waals surface area contributed by atoms with Crippen molar-refractivity contribution in [1.29, 1.82) is 0 Å². The van der Waals surface area contributed by atoms with Crippen molar-refractivity contribution >= 4 is 23.2 Å². The summed E-state index contributed by atoms with van der Waals surface area (Å²) in [6.07, 6.45) is 1.46. The summed E-state index contributed by atoms with van der Waals surface area (Å²) >= 11 is 0. The number of guanidine groups is 1. The smallest absolute Gasteiger partial charge is 0.291 e. The second-order valence-corrected chi connectivity index (χ2v) is 5.82. The lowest BCUT2D eigenvalue weighted by atomic mass is 10.2. The maximum atomic E-state index is 11.9. The fraction of sp³-hybridized carbons (Fsp3) is 0.100. The highest BCUT2D eigenvalue weighted by Gasteiger charge is 2.08. The van der Waals surface area contributed by atoms with Gasteiger partial charge < -0.3 is 20.8 Å². The molecule has 0 unspecified atom stereocenters. The number of carbonyl (C=O) groups is 1. The average molecular weight is 348 g/mol. The lowest BCUT2D eigenvalue weighted by Gasteiger charge is -2.07. The third-order valence-electron chi connectivity index (χ3n) is 3.71. The Hall–Kier alpha value is -3.54. The van der Waals surface area contributed by atoms with Gasteiger partial charge in [0.25, 0.3) is 5.91 Å². The van der Waals surface area contributed by atoms with Crippen LogP contribution in [0.15, 0.2) is 76.3 Å². The minimum atomic E-state index is -0.285. The van der Waals surface area contributed by atoms with Crippen molar-refractivity contribution in [3.8, 4) is 0 Å². The number of furan rings is 1. The van der Waals surface area contributed by atoms with E-state index in [9.17, 15) is 4.79 Å². The Balaban J connectivity index is 1.55. The zero-order chi connectivity index (χ0) is 18.4.